The van der Waals surface area contributed by atoms with E-state index in [1.807, 2.05) is 96.1 Å². The van der Waals surface area contributed by atoms with Crippen LogP contribution in [0.3, 0.4) is 0 Å². The molecule has 6 aliphatic rings. The number of benzene rings is 6. The molecule has 0 radical (unpaired) electrons. The van der Waals surface area contributed by atoms with Gasteiger partial charge >= 0.3 is 0 Å². The SMILES string of the molecule is CC(C)Oc1ccc(-c2nc(-c3cccc4c3CC3CC(=O)N(CCS(C)(=O)=O)C43)no2)cc1C#N.CC(C)Oc1ccc(-c2nc(-c3cccc4c3CC3CC(=O)N(CCS(C)(=O)=O)C43)no2)cc1C#N.CC(C)Oc1ccc(-c2nc(-c3cccc4c3CC3CC(=O)NC43)no2)cc1C#N.CS(=O)(=O)CCBr. The number of fused-ring (bicyclic) bond motifs is 9. The molecule has 3 aliphatic heterocycles. The van der Waals surface area contributed by atoms with E-state index in [0.717, 1.165) is 50.9 Å². The van der Waals surface area contributed by atoms with E-state index in [1.165, 1.54) is 24.3 Å². The normalized spacial score (nSPS) is 18.5. The fraction of sp³-hybridized carbons (Fsp3) is 0.385. The molecule has 0 spiro atoms. The van der Waals surface area contributed by atoms with Gasteiger partial charge in [-0.25, -0.2) is 25.3 Å². The smallest absolute Gasteiger partial charge is 0.258 e. The molecule has 3 amide bonds. The van der Waals surface area contributed by atoms with Gasteiger partial charge in [0.2, 0.25) is 35.2 Å². The van der Waals surface area contributed by atoms with Gasteiger partial charge in [0.15, 0.2) is 0 Å². The number of hydrogen-bond donors (Lipinski definition) is 1. The van der Waals surface area contributed by atoms with Crippen molar-refractivity contribution in [3.8, 4) is 104 Å². The first-order valence-electron chi connectivity index (χ1n) is 35.4. The van der Waals surface area contributed by atoms with E-state index in [2.05, 4.69) is 75.9 Å². The van der Waals surface area contributed by atoms with Crippen LogP contribution in [-0.2, 0) is 63.2 Å². The number of nitriles is 3. The Morgan fingerprint density at radius 1 is 0.477 bits per heavy atom. The van der Waals surface area contributed by atoms with Gasteiger partial charge in [0.25, 0.3) is 17.7 Å². The van der Waals surface area contributed by atoms with E-state index in [0.29, 0.717) is 123 Å². The second-order valence-corrected chi connectivity index (χ2v) is 36.1. The van der Waals surface area contributed by atoms with Crippen molar-refractivity contribution in [3.63, 3.8) is 0 Å². The zero-order valence-corrected chi connectivity index (χ0v) is 65.3. The molecule has 27 nitrogen and oxygen atoms in total. The van der Waals surface area contributed by atoms with Crippen molar-refractivity contribution in [3.05, 3.63) is 159 Å². The predicted molar refractivity (Wildman–Crippen MR) is 405 cm³/mol. The molecule has 15 rings (SSSR count). The van der Waals surface area contributed by atoms with Crippen molar-refractivity contribution in [2.45, 2.75) is 117 Å². The summed E-state index contributed by atoms with van der Waals surface area (Å²) in [6, 6.07) is 39.5. The van der Waals surface area contributed by atoms with Crippen LogP contribution in [0, 0.1) is 51.7 Å². The lowest BCUT2D eigenvalue weighted by Gasteiger charge is -2.25. The van der Waals surface area contributed by atoms with Gasteiger partial charge in [0.1, 0.15) is 65.0 Å². The van der Waals surface area contributed by atoms with Crippen molar-refractivity contribution in [2.75, 3.05) is 54.4 Å². The first-order valence-corrected chi connectivity index (χ1v) is 42.7. The number of sulfone groups is 3. The predicted octanol–water partition coefficient (Wildman–Crippen LogP) is 11.3. The molecule has 109 heavy (non-hydrogen) atoms. The maximum absolute atomic E-state index is 12.6. The molecule has 9 aromatic rings. The summed E-state index contributed by atoms with van der Waals surface area (Å²) in [5.41, 5.74) is 12.1. The standard InChI is InChI=1S/2C26H26N4O5S.C23H20N4O3.C3H7BrO2S/c2*1-15(2)34-22-8-7-16(11-18(22)14-27)26-28-25(29-35-26)20-6-4-5-19-21(20)12-17-13-23(31)30(24(17)19)9-10-36(3,32)33;1-12(2)29-19-7-6-13(8-15(19)11-24)23-26-22(27-30-23)17-5-3-4-16-18(17)9-14-10-20(28)25-21(14)16;1-7(5,6)3-2-4/h2*4-8,11,15,17,24H,9-10,12-13H2,1-3H3;3-8,12,14,21H,9-10H2,1-2H3,(H,25,28);2-3H2,1H3. The van der Waals surface area contributed by atoms with Gasteiger partial charge in [-0.05, 0) is 167 Å². The van der Waals surface area contributed by atoms with Gasteiger partial charge in [-0.3, -0.25) is 14.4 Å². The van der Waals surface area contributed by atoms with Crippen LogP contribution >= 0.6 is 15.9 Å². The molecule has 3 aromatic heterocycles. The topological polar surface area (TPSA) is 388 Å². The summed E-state index contributed by atoms with van der Waals surface area (Å²) in [6.07, 6.45) is 6.96. The number of rotatable bonds is 20. The molecule has 3 aliphatic carbocycles. The number of amides is 3. The molecule has 566 valence electrons. The molecule has 6 unspecified atom stereocenters. The number of likely N-dealkylation sites (tertiary alicyclic amines) is 2. The Hall–Kier alpha value is -10.7. The molecular formula is C78H79BrN12O15S3. The minimum atomic E-state index is -3.18. The minimum absolute atomic E-state index is 0.00950. The molecule has 3 saturated heterocycles. The van der Waals surface area contributed by atoms with Crippen molar-refractivity contribution >= 4 is 63.2 Å². The van der Waals surface area contributed by atoms with E-state index in [-0.39, 0.29) is 102 Å². The Morgan fingerprint density at radius 3 is 1.14 bits per heavy atom. The monoisotopic (exact) mass is 1600 g/mol. The molecule has 0 saturated carbocycles. The average Bonchev–Trinajstić information content (AvgIpc) is 1.60. The van der Waals surface area contributed by atoms with Crippen molar-refractivity contribution in [1.82, 2.24) is 45.5 Å². The summed E-state index contributed by atoms with van der Waals surface area (Å²) in [4.78, 5) is 54.2. The number of alkyl halides is 1. The van der Waals surface area contributed by atoms with Crippen LogP contribution in [0.1, 0.15) is 129 Å². The molecule has 0 bridgehead atoms. The minimum Gasteiger partial charge on any atom is -0.490 e. The first-order chi connectivity index (χ1) is 51.9. The van der Waals surface area contributed by atoms with E-state index < -0.39 is 29.5 Å². The van der Waals surface area contributed by atoms with Crippen LogP contribution in [0.25, 0.3) is 68.5 Å². The summed E-state index contributed by atoms with van der Waals surface area (Å²) in [6.45, 7) is 11.8. The molecule has 6 aromatic carbocycles. The van der Waals surface area contributed by atoms with Crippen molar-refractivity contribution < 1.29 is 67.4 Å². The first kappa shape index (κ1) is 77.9. The Balaban J connectivity index is 0.000000146. The summed E-state index contributed by atoms with van der Waals surface area (Å²) in [5, 5.41) is 44.7. The third-order valence-corrected chi connectivity index (χ3v) is 23.0. The highest BCUT2D eigenvalue weighted by Gasteiger charge is 2.48. The molecule has 6 atom stereocenters. The Kier molecular flexibility index (Phi) is 23.1. The summed E-state index contributed by atoms with van der Waals surface area (Å²) in [5.74, 6) is 4.49. The number of ether oxygens (including phenoxy) is 3. The third kappa shape index (κ3) is 17.7. The van der Waals surface area contributed by atoms with Crippen LogP contribution in [-0.4, -0.2) is 156 Å². The third-order valence-electron chi connectivity index (χ3n) is 19.3. The zero-order chi connectivity index (χ0) is 78.0. The fourth-order valence-corrected chi connectivity index (χ4v) is 17.9. The summed E-state index contributed by atoms with van der Waals surface area (Å²) in [7, 11) is -9.09. The summed E-state index contributed by atoms with van der Waals surface area (Å²) >= 11 is 3.01. The average molecular weight is 1600 g/mol. The number of carbonyl (C=O) groups is 3. The van der Waals surface area contributed by atoms with E-state index in [4.69, 9.17) is 27.8 Å². The molecule has 3 fully saturated rings. The largest absolute Gasteiger partial charge is 0.490 e. The second-order valence-electron chi connectivity index (χ2n) is 28.6. The van der Waals surface area contributed by atoms with Gasteiger partial charge in [-0.2, -0.15) is 30.7 Å². The number of hydrogen-bond acceptors (Lipinski definition) is 24. The van der Waals surface area contributed by atoms with Gasteiger partial charge < -0.3 is 42.9 Å². The van der Waals surface area contributed by atoms with Crippen LogP contribution in [0.2, 0.25) is 0 Å². The van der Waals surface area contributed by atoms with Crippen LogP contribution in [0.5, 0.6) is 17.2 Å². The number of halogens is 1. The Labute approximate surface area is 639 Å². The van der Waals surface area contributed by atoms with Gasteiger partial charge in [0.05, 0.1) is 70.4 Å². The lowest BCUT2D eigenvalue weighted by molar-refractivity contribution is -0.129. The lowest BCUT2D eigenvalue weighted by atomic mass is 10.0. The number of nitrogens with one attached hydrogen (secondary N) is 1. The van der Waals surface area contributed by atoms with Crippen LogP contribution in [0.4, 0.5) is 0 Å². The van der Waals surface area contributed by atoms with Gasteiger partial charge in [0, 0.05) is 89.8 Å². The lowest BCUT2D eigenvalue weighted by Crippen LogP contribution is -2.32. The summed E-state index contributed by atoms with van der Waals surface area (Å²) < 4.78 is 101. The highest BCUT2D eigenvalue weighted by atomic mass is 79.9. The Morgan fingerprint density at radius 2 is 0.817 bits per heavy atom. The molecule has 31 heteroatoms. The van der Waals surface area contributed by atoms with E-state index >= 15 is 0 Å². The van der Waals surface area contributed by atoms with Crippen LogP contribution in [0.15, 0.2) is 123 Å². The Bertz CT molecular complexity index is 5280. The maximum Gasteiger partial charge on any atom is 0.258 e. The van der Waals surface area contributed by atoms with E-state index in [9.17, 15) is 55.4 Å². The highest BCUT2D eigenvalue weighted by Crippen LogP contribution is 2.52. The molecular weight excluding hydrogens is 1520 g/mol. The van der Waals surface area contributed by atoms with E-state index in [1.54, 1.807) is 58.3 Å². The number of nitrogens with zero attached hydrogens (tertiary/aromatic N) is 11. The fourth-order valence-electron chi connectivity index (χ4n) is 14.8. The van der Waals surface area contributed by atoms with Crippen LogP contribution < -0.4 is 19.5 Å². The zero-order valence-electron chi connectivity index (χ0n) is 61.2. The second kappa shape index (κ2) is 32.3. The maximum atomic E-state index is 12.6. The molecule has 6 heterocycles. The number of carbonyl (C=O) groups excluding carboxylic acids is 3. The van der Waals surface area contributed by atoms with Crippen molar-refractivity contribution in [1.29, 1.82) is 15.8 Å². The van der Waals surface area contributed by atoms with Gasteiger partial charge in [-0.15, -0.1) is 0 Å². The molecule has 1 N–H and O–H groups in total. The van der Waals surface area contributed by atoms with Gasteiger partial charge in [-0.1, -0.05) is 86.0 Å². The highest BCUT2D eigenvalue weighted by molar-refractivity contribution is 9.09. The quantitative estimate of drug-likeness (QED) is 0.0692. The number of aromatic nitrogens is 6. The van der Waals surface area contributed by atoms with Crippen molar-refractivity contribution in [2.24, 2.45) is 17.8 Å².